The summed E-state index contributed by atoms with van der Waals surface area (Å²) < 4.78 is 13.9. The highest BCUT2D eigenvalue weighted by molar-refractivity contribution is 7.86. The summed E-state index contributed by atoms with van der Waals surface area (Å²) in [5.41, 5.74) is 5.90. The van der Waals surface area contributed by atoms with Crippen LogP contribution in [0.1, 0.15) is 24.7 Å². The molecule has 0 radical (unpaired) electrons. The fourth-order valence-corrected chi connectivity index (χ4v) is 4.99. The summed E-state index contributed by atoms with van der Waals surface area (Å²) in [6.45, 7) is 1.98. The molecule has 0 spiro atoms. The Morgan fingerprint density at radius 3 is 2.63 bits per heavy atom. The Bertz CT molecular complexity index is 1250. The maximum Gasteiger partial charge on any atom is 0.235 e. The van der Waals surface area contributed by atoms with Gasteiger partial charge in [-0.1, -0.05) is 79.2 Å². The van der Waals surface area contributed by atoms with Gasteiger partial charge in [0.05, 0.1) is 27.0 Å². The lowest BCUT2D eigenvalue weighted by molar-refractivity contribution is 0.675. The van der Waals surface area contributed by atoms with Crippen LogP contribution in [0.5, 0.6) is 0 Å². The molecule has 2 aliphatic carbocycles. The van der Waals surface area contributed by atoms with Crippen LogP contribution in [0.25, 0.3) is 16.9 Å². The van der Waals surface area contributed by atoms with Crippen molar-refractivity contribution in [1.82, 2.24) is 14.4 Å². The van der Waals surface area contributed by atoms with Gasteiger partial charge in [-0.25, -0.2) is 9.97 Å². The molecule has 2 heterocycles. The molecular weight excluding hydrogens is 447 g/mol. The van der Waals surface area contributed by atoms with Crippen molar-refractivity contribution in [3.05, 3.63) is 72.1 Å². The molecule has 2 aliphatic rings. The van der Waals surface area contributed by atoms with E-state index in [4.69, 9.17) is 9.97 Å². The van der Waals surface area contributed by atoms with Gasteiger partial charge in [-0.15, -0.1) is 9.24 Å². The van der Waals surface area contributed by atoms with Crippen molar-refractivity contribution in [2.45, 2.75) is 18.1 Å². The van der Waals surface area contributed by atoms with E-state index >= 15 is 0 Å². The standard InChI is InChI=1S/C22H24N3OP3S/c1-22(30(2)26)12-7-10-14(11-13-22)16-17(15-8-5-3-4-6-9-15)25-20(29)18(27)19(28)24-21(25)23-16/h3-8,10-13H,9,27-29H2,1-2H3. The van der Waals surface area contributed by atoms with E-state index in [1.165, 1.54) is 5.57 Å². The monoisotopic (exact) mass is 471 g/mol. The predicted molar refractivity (Wildman–Crippen MR) is 141 cm³/mol. The van der Waals surface area contributed by atoms with Gasteiger partial charge in [0, 0.05) is 27.9 Å². The van der Waals surface area contributed by atoms with Gasteiger partial charge in [0.25, 0.3) is 0 Å². The molecule has 0 bridgehead atoms. The quantitative estimate of drug-likeness (QED) is 0.647. The lowest BCUT2D eigenvalue weighted by Gasteiger charge is -2.17. The Kier molecular flexibility index (Phi) is 6.20. The van der Waals surface area contributed by atoms with Gasteiger partial charge in [-0.3, -0.25) is 8.61 Å². The van der Waals surface area contributed by atoms with Crippen LogP contribution in [-0.2, 0) is 10.8 Å². The average molecular weight is 471 g/mol. The van der Waals surface area contributed by atoms with Crippen molar-refractivity contribution in [3.63, 3.8) is 0 Å². The van der Waals surface area contributed by atoms with E-state index in [2.05, 4.69) is 56.4 Å². The molecule has 0 N–H and O–H groups in total. The zero-order valence-corrected chi connectivity index (χ0v) is 21.2. The average Bonchev–Trinajstić information content (AvgIpc) is 2.88. The number of imidazole rings is 1. The summed E-state index contributed by atoms with van der Waals surface area (Å²) >= 11 is 0. The van der Waals surface area contributed by atoms with Crippen LogP contribution >= 0.6 is 27.7 Å². The first-order valence-corrected chi connectivity index (χ1v) is 12.8. The number of rotatable bonds is 3. The molecule has 0 saturated heterocycles. The van der Waals surface area contributed by atoms with E-state index < -0.39 is 15.5 Å². The molecule has 0 saturated carbocycles. The van der Waals surface area contributed by atoms with Gasteiger partial charge in [-0.2, -0.15) is 0 Å². The maximum atomic E-state index is 12.3. The minimum absolute atomic E-state index is 0.505. The number of hydrogen-bond donors (Lipinski definition) is 0. The molecule has 0 amide bonds. The predicted octanol–water partition coefficient (Wildman–Crippen LogP) is 2.78. The molecule has 8 heteroatoms. The van der Waals surface area contributed by atoms with E-state index in [1.807, 2.05) is 43.4 Å². The summed E-state index contributed by atoms with van der Waals surface area (Å²) in [7, 11) is 7.26. The van der Waals surface area contributed by atoms with Gasteiger partial charge >= 0.3 is 0 Å². The topological polar surface area (TPSA) is 47.3 Å². The largest absolute Gasteiger partial charge is 0.276 e. The molecule has 154 valence electrons. The molecule has 0 aliphatic heterocycles. The minimum atomic E-state index is -1.02. The normalized spacial score (nSPS) is 22.0. The second-order valence-electron chi connectivity index (χ2n) is 7.40. The van der Waals surface area contributed by atoms with Crippen molar-refractivity contribution in [3.8, 4) is 0 Å². The van der Waals surface area contributed by atoms with Crippen LogP contribution < -0.4 is 16.2 Å². The van der Waals surface area contributed by atoms with Crippen molar-refractivity contribution in [1.29, 1.82) is 0 Å². The smallest absolute Gasteiger partial charge is 0.235 e. The number of hydrogen-bond acceptors (Lipinski definition) is 3. The Hall–Kier alpha value is -1.50. The van der Waals surface area contributed by atoms with Crippen LogP contribution in [0.4, 0.5) is 0 Å². The highest BCUT2D eigenvalue weighted by Crippen LogP contribution is 2.32. The highest BCUT2D eigenvalue weighted by atomic mass is 32.2. The van der Waals surface area contributed by atoms with E-state index in [9.17, 15) is 4.21 Å². The maximum absolute atomic E-state index is 12.3. The van der Waals surface area contributed by atoms with E-state index in [1.54, 1.807) is 6.26 Å². The first-order chi connectivity index (χ1) is 14.3. The lowest BCUT2D eigenvalue weighted by atomic mass is 10.0. The third-order valence-electron chi connectivity index (χ3n) is 5.36. The molecule has 30 heavy (non-hydrogen) atoms. The minimum Gasteiger partial charge on any atom is -0.276 e. The van der Waals surface area contributed by atoms with Crippen molar-refractivity contribution < 1.29 is 4.21 Å². The van der Waals surface area contributed by atoms with E-state index in [-0.39, 0.29) is 0 Å². The summed E-state index contributed by atoms with van der Waals surface area (Å²) in [5.74, 6) is 0.656. The van der Waals surface area contributed by atoms with Crippen molar-refractivity contribution in [2.24, 2.45) is 0 Å². The number of nitrogens with zero attached hydrogens (tertiary/aromatic N) is 3. The van der Waals surface area contributed by atoms with Crippen LogP contribution in [-0.4, -0.2) is 29.6 Å². The van der Waals surface area contributed by atoms with E-state index in [0.717, 1.165) is 39.6 Å². The Morgan fingerprint density at radius 1 is 1.07 bits per heavy atom. The summed E-state index contributed by atoms with van der Waals surface area (Å²) in [5, 5.41) is 1.02. The molecule has 4 nitrogen and oxygen atoms in total. The molecular formula is C22H24N3OP3S. The fraction of sp³-hybridized carbons (Fsp3) is 0.182. The molecule has 5 unspecified atom stereocenters. The Labute approximate surface area is 186 Å². The van der Waals surface area contributed by atoms with Crippen LogP contribution in [0.15, 0.2) is 60.8 Å². The van der Waals surface area contributed by atoms with Crippen LogP contribution in [0, 0.1) is 0 Å². The molecule has 2 aromatic heterocycles. The van der Waals surface area contributed by atoms with Crippen molar-refractivity contribution >= 4 is 71.6 Å². The highest BCUT2D eigenvalue weighted by Gasteiger charge is 2.26. The lowest BCUT2D eigenvalue weighted by Crippen LogP contribution is -2.32. The van der Waals surface area contributed by atoms with Gasteiger partial charge in [0.2, 0.25) is 5.78 Å². The molecule has 0 fully saturated rings. The van der Waals surface area contributed by atoms with Gasteiger partial charge < -0.3 is 0 Å². The van der Waals surface area contributed by atoms with Crippen molar-refractivity contribution in [2.75, 3.05) is 6.26 Å². The van der Waals surface area contributed by atoms with Crippen LogP contribution in [0.3, 0.4) is 0 Å². The first-order valence-electron chi connectivity index (χ1n) is 9.50. The first kappa shape index (κ1) is 21.7. The number of fused-ring (bicyclic) bond motifs is 1. The fourth-order valence-electron chi connectivity index (χ4n) is 3.44. The molecule has 4 rings (SSSR count). The third-order valence-corrected chi connectivity index (χ3v) is 9.14. The van der Waals surface area contributed by atoms with E-state index in [0.29, 0.717) is 5.78 Å². The second kappa shape index (κ2) is 8.56. The van der Waals surface area contributed by atoms with Gasteiger partial charge in [0.1, 0.15) is 0 Å². The van der Waals surface area contributed by atoms with Gasteiger partial charge in [0.15, 0.2) is 0 Å². The summed E-state index contributed by atoms with van der Waals surface area (Å²) in [4.78, 5) is 9.65. The third kappa shape index (κ3) is 3.90. The zero-order chi connectivity index (χ0) is 21.5. The second-order valence-corrected chi connectivity index (χ2v) is 10.9. The van der Waals surface area contributed by atoms with Gasteiger partial charge in [-0.05, 0) is 18.9 Å². The Balaban J connectivity index is 1.99. The number of allylic oxidation sites excluding steroid dienone is 10. The molecule has 2 aromatic rings. The summed E-state index contributed by atoms with van der Waals surface area (Å²) in [6.07, 6.45) is 23.0. The number of aromatic nitrogens is 3. The van der Waals surface area contributed by atoms with Crippen LogP contribution in [0.2, 0.25) is 0 Å². The molecule has 0 aromatic carbocycles. The zero-order valence-electron chi connectivity index (χ0n) is 16.9. The SMILES string of the molecule is CS(=O)C1(C)C=CC=C(c2nc3nc(P)c(P)c(P)n3c2C2=CC=CC=CC2)C=C1. The molecule has 5 atom stereocenters. The summed E-state index contributed by atoms with van der Waals surface area (Å²) in [6, 6.07) is 0. The Morgan fingerprint density at radius 2 is 1.87 bits per heavy atom.